The maximum Gasteiger partial charge on any atom is 0.264 e. The molecule has 20 heavy (non-hydrogen) atoms. The molecule has 2 nitrogen and oxygen atoms in total. The molecule has 1 heterocycles. The molecule has 106 valence electrons. The van der Waals surface area contributed by atoms with Gasteiger partial charge in [-0.2, -0.15) is 0 Å². The lowest BCUT2D eigenvalue weighted by Crippen LogP contribution is -2.29. The molecule has 0 aliphatic rings. The van der Waals surface area contributed by atoms with Crippen molar-refractivity contribution in [3.63, 3.8) is 0 Å². The van der Waals surface area contributed by atoms with Gasteiger partial charge in [0.15, 0.2) is 0 Å². The number of hydrogen-bond donors (Lipinski definition) is 0. The van der Waals surface area contributed by atoms with Crippen LogP contribution in [0.1, 0.15) is 33.8 Å². The smallest absolute Gasteiger partial charge is 0.264 e. The summed E-state index contributed by atoms with van der Waals surface area (Å²) in [4.78, 5) is 14.8. The number of hydrogen-bond acceptors (Lipinski definition) is 2. The molecule has 1 unspecified atom stereocenters. The molecular formula is C15H15BrFNOS. The van der Waals surface area contributed by atoms with Gasteiger partial charge in [0.05, 0.1) is 14.7 Å². The molecule has 0 N–H and O–H groups in total. The van der Waals surface area contributed by atoms with Crippen molar-refractivity contribution < 1.29 is 9.18 Å². The van der Waals surface area contributed by atoms with Gasteiger partial charge in [-0.05, 0) is 59.1 Å². The maximum atomic E-state index is 12.9. The van der Waals surface area contributed by atoms with E-state index < -0.39 is 0 Å². The Balaban J connectivity index is 2.19. The summed E-state index contributed by atoms with van der Waals surface area (Å²) in [7, 11) is 1.76. The highest BCUT2D eigenvalue weighted by atomic mass is 79.9. The summed E-state index contributed by atoms with van der Waals surface area (Å²) in [6.07, 6.45) is 0. The molecule has 0 aliphatic heterocycles. The molecular weight excluding hydrogens is 341 g/mol. The molecule has 1 aromatic carbocycles. The van der Waals surface area contributed by atoms with Crippen molar-refractivity contribution in [3.8, 4) is 0 Å². The third kappa shape index (κ3) is 3.10. The third-order valence-corrected chi connectivity index (χ3v) is 5.45. The first-order valence-corrected chi connectivity index (χ1v) is 7.79. The number of aryl methyl sites for hydroxylation is 1. The summed E-state index contributed by atoms with van der Waals surface area (Å²) in [6, 6.07) is 8.01. The van der Waals surface area contributed by atoms with Crippen LogP contribution in [0.15, 0.2) is 34.1 Å². The fourth-order valence-electron chi connectivity index (χ4n) is 1.88. The van der Waals surface area contributed by atoms with E-state index in [4.69, 9.17) is 0 Å². The Morgan fingerprint density at radius 1 is 1.35 bits per heavy atom. The van der Waals surface area contributed by atoms with E-state index in [1.54, 1.807) is 24.1 Å². The van der Waals surface area contributed by atoms with E-state index in [2.05, 4.69) is 15.9 Å². The number of halogens is 2. The summed E-state index contributed by atoms with van der Waals surface area (Å²) in [5.74, 6) is -0.298. The van der Waals surface area contributed by atoms with Crippen molar-refractivity contribution in [3.05, 3.63) is 55.9 Å². The second kappa shape index (κ2) is 6.06. The lowest BCUT2D eigenvalue weighted by molar-refractivity contribution is 0.0747. The zero-order valence-corrected chi connectivity index (χ0v) is 13.9. The fourth-order valence-corrected chi connectivity index (χ4v) is 3.40. The van der Waals surface area contributed by atoms with E-state index in [0.29, 0.717) is 4.88 Å². The van der Waals surface area contributed by atoms with Crippen LogP contribution in [-0.2, 0) is 0 Å². The van der Waals surface area contributed by atoms with E-state index in [0.717, 1.165) is 14.9 Å². The summed E-state index contributed by atoms with van der Waals surface area (Å²) in [5.41, 5.74) is 1.97. The molecule has 0 fully saturated rings. The molecule has 1 amide bonds. The van der Waals surface area contributed by atoms with Crippen LogP contribution >= 0.6 is 27.3 Å². The van der Waals surface area contributed by atoms with Crippen LogP contribution < -0.4 is 0 Å². The Kier molecular flexibility index (Phi) is 4.60. The van der Waals surface area contributed by atoms with Gasteiger partial charge in [0.1, 0.15) is 5.82 Å². The van der Waals surface area contributed by atoms with Gasteiger partial charge < -0.3 is 4.90 Å². The van der Waals surface area contributed by atoms with E-state index in [1.165, 1.54) is 23.5 Å². The second-order valence-corrected chi connectivity index (χ2v) is 7.08. The summed E-state index contributed by atoms with van der Waals surface area (Å²) in [5, 5.41) is 0. The van der Waals surface area contributed by atoms with Crippen LogP contribution in [0.5, 0.6) is 0 Å². The number of carbonyl (C=O) groups is 1. The SMILES string of the molecule is Cc1cc(C(=O)N(C)C(C)c2ccc(F)cc2)sc1Br. The van der Waals surface area contributed by atoms with Crippen molar-refractivity contribution in [1.82, 2.24) is 4.90 Å². The highest BCUT2D eigenvalue weighted by molar-refractivity contribution is 9.11. The molecule has 0 spiro atoms. The van der Waals surface area contributed by atoms with Crippen LogP contribution in [-0.4, -0.2) is 17.9 Å². The van der Waals surface area contributed by atoms with Gasteiger partial charge in [-0.25, -0.2) is 4.39 Å². The average molecular weight is 356 g/mol. The number of amides is 1. The van der Waals surface area contributed by atoms with Gasteiger partial charge in [-0.1, -0.05) is 12.1 Å². The molecule has 2 aromatic rings. The molecule has 1 atom stereocenters. The lowest BCUT2D eigenvalue weighted by Gasteiger charge is -2.24. The normalized spacial score (nSPS) is 12.2. The van der Waals surface area contributed by atoms with E-state index in [1.807, 2.05) is 19.9 Å². The first-order chi connectivity index (χ1) is 9.40. The lowest BCUT2D eigenvalue weighted by atomic mass is 10.1. The van der Waals surface area contributed by atoms with Crippen LogP contribution in [0, 0.1) is 12.7 Å². The zero-order chi connectivity index (χ0) is 14.9. The molecule has 0 saturated heterocycles. The van der Waals surface area contributed by atoms with Gasteiger partial charge in [0.25, 0.3) is 5.91 Å². The maximum absolute atomic E-state index is 12.9. The van der Waals surface area contributed by atoms with Crippen LogP contribution in [0.2, 0.25) is 0 Å². The van der Waals surface area contributed by atoms with E-state index in [-0.39, 0.29) is 17.8 Å². The first kappa shape index (κ1) is 15.2. The Morgan fingerprint density at radius 2 is 1.95 bits per heavy atom. The molecule has 1 aromatic heterocycles. The highest BCUT2D eigenvalue weighted by Crippen LogP contribution is 2.30. The quantitative estimate of drug-likeness (QED) is 0.774. The number of nitrogens with zero attached hydrogens (tertiary/aromatic N) is 1. The zero-order valence-electron chi connectivity index (χ0n) is 11.5. The number of benzene rings is 1. The Bertz CT molecular complexity index is 604. The summed E-state index contributed by atoms with van der Waals surface area (Å²) < 4.78 is 13.9. The van der Waals surface area contributed by atoms with E-state index in [9.17, 15) is 9.18 Å². The predicted molar refractivity (Wildman–Crippen MR) is 83.7 cm³/mol. The molecule has 0 aliphatic carbocycles. The average Bonchev–Trinajstić information content (AvgIpc) is 2.77. The minimum absolute atomic E-state index is 0.0272. The third-order valence-electron chi connectivity index (χ3n) is 3.32. The van der Waals surface area contributed by atoms with Crippen LogP contribution in [0.25, 0.3) is 0 Å². The molecule has 2 rings (SSSR count). The molecule has 0 bridgehead atoms. The number of rotatable bonds is 3. The predicted octanol–water partition coefficient (Wildman–Crippen LogP) is 4.79. The fraction of sp³-hybridized carbons (Fsp3) is 0.267. The standard InChI is InChI=1S/C15H15BrFNOS/c1-9-8-13(20-14(9)16)15(19)18(3)10(2)11-4-6-12(17)7-5-11/h4-8,10H,1-3H3. The van der Waals surface area contributed by atoms with Gasteiger partial charge in [0, 0.05) is 7.05 Å². The van der Waals surface area contributed by atoms with Gasteiger partial charge in [-0.3, -0.25) is 4.79 Å². The number of thiophene rings is 1. The monoisotopic (exact) mass is 355 g/mol. The van der Waals surface area contributed by atoms with Crippen molar-refractivity contribution in [2.45, 2.75) is 19.9 Å². The van der Waals surface area contributed by atoms with Gasteiger partial charge in [-0.15, -0.1) is 11.3 Å². The van der Waals surface area contributed by atoms with Crippen molar-refractivity contribution in [2.24, 2.45) is 0 Å². The summed E-state index contributed by atoms with van der Waals surface area (Å²) >= 11 is 4.86. The van der Waals surface area contributed by atoms with Crippen molar-refractivity contribution in [2.75, 3.05) is 7.05 Å². The van der Waals surface area contributed by atoms with E-state index >= 15 is 0 Å². The van der Waals surface area contributed by atoms with Crippen molar-refractivity contribution in [1.29, 1.82) is 0 Å². The van der Waals surface area contributed by atoms with Crippen molar-refractivity contribution >= 4 is 33.2 Å². The Hall–Kier alpha value is -1.20. The minimum Gasteiger partial charge on any atom is -0.334 e. The highest BCUT2D eigenvalue weighted by Gasteiger charge is 2.21. The Labute approximate surface area is 130 Å². The largest absolute Gasteiger partial charge is 0.334 e. The first-order valence-electron chi connectivity index (χ1n) is 6.18. The van der Waals surface area contributed by atoms with Crippen LogP contribution in [0.3, 0.4) is 0 Å². The number of carbonyl (C=O) groups excluding carboxylic acids is 1. The minimum atomic E-state index is -0.271. The Morgan fingerprint density at radius 3 is 2.45 bits per heavy atom. The van der Waals surface area contributed by atoms with Gasteiger partial charge >= 0.3 is 0 Å². The molecule has 0 radical (unpaired) electrons. The summed E-state index contributed by atoms with van der Waals surface area (Å²) in [6.45, 7) is 3.89. The molecule has 5 heteroatoms. The van der Waals surface area contributed by atoms with Gasteiger partial charge in [0.2, 0.25) is 0 Å². The van der Waals surface area contributed by atoms with Crippen LogP contribution in [0.4, 0.5) is 4.39 Å². The second-order valence-electron chi connectivity index (χ2n) is 4.71. The molecule has 0 saturated carbocycles. The topological polar surface area (TPSA) is 20.3 Å².